The summed E-state index contributed by atoms with van der Waals surface area (Å²) in [6.45, 7) is 7.63. The number of nitrogens with one attached hydrogen (secondary N) is 1. The minimum Gasteiger partial charge on any atom is -0.478 e. The van der Waals surface area contributed by atoms with Crippen LogP contribution < -0.4 is 5.32 Å². The Bertz CT molecular complexity index is 386. The normalized spacial score (nSPS) is 11.4. The summed E-state index contributed by atoms with van der Waals surface area (Å²) in [7, 11) is -4.20. The summed E-state index contributed by atoms with van der Waals surface area (Å²) >= 11 is 0. The predicted octanol–water partition coefficient (Wildman–Crippen LogP) is 0.170. The fraction of sp³-hybridized carbons (Fsp3) is 0.333. The molecule has 0 rings (SSSR count). The van der Waals surface area contributed by atoms with Crippen molar-refractivity contribution in [2.24, 2.45) is 0 Å². The molecule has 0 aromatic heterocycles. The SMILES string of the molecule is C=CC(=O)NC(CC)S(=O)(=O)O.C=CC(=O)O. The van der Waals surface area contributed by atoms with Gasteiger partial charge in [0.25, 0.3) is 10.1 Å². The van der Waals surface area contributed by atoms with Crippen LogP contribution in [0, 0.1) is 0 Å². The number of amides is 1. The Morgan fingerprint density at radius 1 is 1.35 bits per heavy atom. The molecule has 0 aliphatic carbocycles. The van der Waals surface area contributed by atoms with Gasteiger partial charge in [0.1, 0.15) is 0 Å². The maximum absolute atomic E-state index is 10.6. The van der Waals surface area contributed by atoms with Gasteiger partial charge < -0.3 is 10.4 Å². The second kappa shape index (κ2) is 8.48. The molecule has 8 heteroatoms. The van der Waals surface area contributed by atoms with Gasteiger partial charge in [-0.05, 0) is 12.5 Å². The van der Waals surface area contributed by atoms with Gasteiger partial charge in [-0.3, -0.25) is 9.35 Å². The van der Waals surface area contributed by atoms with E-state index in [0.717, 1.165) is 12.2 Å². The maximum atomic E-state index is 10.6. The molecule has 0 aromatic rings. The number of hydrogen-bond acceptors (Lipinski definition) is 4. The van der Waals surface area contributed by atoms with Gasteiger partial charge in [0.2, 0.25) is 5.91 Å². The Hall–Kier alpha value is -1.67. The molecule has 0 saturated heterocycles. The molecular weight excluding hydrogens is 250 g/mol. The van der Waals surface area contributed by atoms with E-state index in [9.17, 15) is 18.0 Å². The summed E-state index contributed by atoms with van der Waals surface area (Å²) in [6.07, 6.45) is 1.88. The zero-order valence-corrected chi connectivity index (χ0v) is 10.1. The van der Waals surface area contributed by atoms with E-state index < -0.39 is 27.4 Å². The van der Waals surface area contributed by atoms with Crippen LogP contribution in [0.5, 0.6) is 0 Å². The standard InChI is InChI=1S/C6H11NO4S.C3H4O2/c1-3-5(8)7-6(4-2)12(9,10)11;1-2-3(4)5/h3,6H,1,4H2,2H3,(H,7,8)(H,9,10,11);2H,1H2,(H,4,5). The van der Waals surface area contributed by atoms with E-state index in [2.05, 4.69) is 18.5 Å². The Kier molecular flexibility index (Phi) is 8.84. The lowest BCUT2D eigenvalue weighted by atomic mass is 10.4. The molecule has 0 saturated carbocycles. The highest BCUT2D eigenvalue weighted by Gasteiger charge is 2.21. The first-order chi connectivity index (χ1) is 7.68. The van der Waals surface area contributed by atoms with Gasteiger partial charge in [0, 0.05) is 6.08 Å². The van der Waals surface area contributed by atoms with E-state index in [-0.39, 0.29) is 6.42 Å². The third-order valence-corrected chi connectivity index (χ3v) is 2.56. The highest BCUT2D eigenvalue weighted by Crippen LogP contribution is 1.99. The van der Waals surface area contributed by atoms with E-state index in [1.807, 2.05) is 0 Å². The van der Waals surface area contributed by atoms with Gasteiger partial charge >= 0.3 is 5.97 Å². The first kappa shape index (κ1) is 17.7. The van der Waals surface area contributed by atoms with E-state index in [1.165, 1.54) is 6.92 Å². The van der Waals surface area contributed by atoms with Gasteiger partial charge in [-0.2, -0.15) is 8.42 Å². The van der Waals surface area contributed by atoms with Crippen molar-refractivity contribution in [2.75, 3.05) is 0 Å². The molecule has 0 aromatic carbocycles. The second-order valence-corrected chi connectivity index (χ2v) is 4.27. The Balaban J connectivity index is 0. The molecule has 17 heavy (non-hydrogen) atoms. The molecule has 0 heterocycles. The summed E-state index contributed by atoms with van der Waals surface area (Å²) in [5.74, 6) is -1.61. The summed E-state index contributed by atoms with van der Waals surface area (Å²) < 4.78 is 29.6. The van der Waals surface area contributed by atoms with E-state index >= 15 is 0 Å². The average molecular weight is 265 g/mol. The molecule has 1 unspecified atom stereocenters. The van der Waals surface area contributed by atoms with Crippen LogP contribution in [0.1, 0.15) is 13.3 Å². The van der Waals surface area contributed by atoms with Crippen molar-refractivity contribution >= 4 is 22.0 Å². The van der Waals surface area contributed by atoms with Gasteiger partial charge in [0.15, 0.2) is 5.37 Å². The summed E-state index contributed by atoms with van der Waals surface area (Å²) in [6, 6.07) is 0. The van der Waals surface area contributed by atoms with Gasteiger partial charge in [0.05, 0.1) is 0 Å². The Morgan fingerprint density at radius 3 is 1.94 bits per heavy atom. The van der Waals surface area contributed by atoms with Gasteiger partial charge in [-0.15, -0.1) is 0 Å². The predicted molar refractivity (Wildman–Crippen MR) is 61.8 cm³/mol. The molecule has 1 atom stereocenters. The third-order valence-electron chi connectivity index (χ3n) is 1.39. The van der Waals surface area contributed by atoms with Crippen molar-refractivity contribution in [3.05, 3.63) is 25.3 Å². The lowest BCUT2D eigenvalue weighted by Gasteiger charge is -2.11. The molecule has 0 spiro atoms. The lowest BCUT2D eigenvalue weighted by molar-refractivity contribution is -0.131. The second-order valence-electron chi connectivity index (χ2n) is 2.67. The molecular formula is C9H15NO6S. The molecule has 0 fully saturated rings. The molecule has 98 valence electrons. The van der Waals surface area contributed by atoms with Crippen molar-refractivity contribution in [3.8, 4) is 0 Å². The average Bonchev–Trinajstić information content (AvgIpc) is 2.24. The third kappa shape index (κ3) is 10.6. The Labute approximate surface area is 99.6 Å². The van der Waals surface area contributed by atoms with Crippen LogP contribution in [0.4, 0.5) is 0 Å². The molecule has 0 aliphatic rings. The van der Waals surface area contributed by atoms with E-state index in [1.54, 1.807) is 0 Å². The molecule has 0 aliphatic heterocycles. The number of carbonyl (C=O) groups is 2. The number of carboxylic acid groups (broad SMARTS) is 1. The van der Waals surface area contributed by atoms with Crippen LogP contribution in [0.2, 0.25) is 0 Å². The lowest BCUT2D eigenvalue weighted by Crippen LogP contribution is -2.39. The molecule has 0 bridgehead atoms. The van der Waals surface area contributed by atoms with Gasteiger partial charge in [-0.1, -0.05) is 20.1 Å². The first-order valence-corrected chi connectivity index (χ1v) is 5.93. The largest absolute Gasteiger partial charge is 0.478 e. The number of aliphatic carboxylic acids is 1. The fourth-order valence-corrected chi connectivity index (χ4v) is 1.29. The van der Waals surface area contributed by atoms with Crippen molar-refractivity contribution < 1.29 is 27.7 Å². The first-order valence-electron chi connectivity index (χ1n) is 4.43. The minimum atomic E-state index is -4.20. The molecule has 3 N–H and O–H groups in total. The van der Waals surface area contributed by atoms with Crippen LogP contribution in [0.15, 0.2) is 25.3 Å². The molecule has 1 amide bonds. The monoisotopic (exact) mass is 265 g/mol. The topological polar surface area (TPSA) is 121 Å². The highest BCUT2D eigenvalue weighted by atomic mass is 32.2. The highest BCUT2D eigenvalue weighted by molar-refractivity contribution is 7.86. The van der Waals surface area contributed by atoms with Crippen LogP contribution in [-0.2, 0) is 19.7 Å². The number of carbonyl (C=O) groups excluding carboxylic acids is 1. The van der Waals surface area contributed by atoms with Crippen molar-refractivity contribution in [2.45, 2.75) is 18.7 Å². The van der Waals surface area contributed by atoms with Crippen LogP contribution in [-0.4, -0.2) is 35.3 Å². The van der Waals surface area contributed by atoms with E-state index in [0.29, 0.717) is 0 Å². The molecule has 7 nitrogen and oxygen atoms in total. The molecule has 0 radical (unpaired) electrons. The minimum absolute atomic E-state index is 0.110. The van der Waals surface area contributed by atoms with Crippen LogP contribution in [0.25, 0.3) is 0 Å². The van der Waals surface area contributed by atoms with Crippen molar-refractivity contribution in [1.29, 1.82) is 0 Å². The fourth-order valence-electron chi connectivity index (χ4n) is 0.605. The Morgan fingerprint density at radius 2 is 1.76 bits per heavy atom. The number of hydrogen-bond donors (Lipinski definition) is 3. The zero-order chi connectivity index (χ0) is 14.1. The summed E-state index contributed by atoms with van der Waals surface area (Å²) in [4.78, 5) is 19.9. The zero-order valence-electron chi connectivity index (χ0n) is 9.29. The maximum Gasteiger partial charge on any atom is 0.327 e. The van der Waals surface area contributed by atoms with Crippen LogP contribution >= 0.6 is 0 Å². The summed E-state index contributed by atoms with van der Waals surface area (Å²) in [5.41, 5.74) is 0. The summed E-state index contributed by atoms with van der Waals surface area (Å²) in [5, 5.41) is 8.42. The van der Waals surface area contributed by atoms with Crippen molar-refractivity contribution in [3.63, 3.8) is 0 Å². The smallest absolute Gasteiger partial charge is 0.327 e. The van der Waals surface area contributed by atoms with Gasteiger partial charge in [-0.25, -0.2) is 4.79 Å². The van der Waals surface area contributed by atoms with E-state index in [4.69, 9.17) is 9.66 Å². The quantitative estimate of drug-likeness (QED) is 0.481. The number of carboxylic acids is 1. The number of rotatable bonds is 5. The van der Waals surface area contributed by atoms with Crippen LogP contribution in [0.3, 0.4) is 0 Å². The van der Waals surface area contributed by atoms with Crippen molar-refractivity contribution in [1.82, 2.24) is 5.32 Å².